The number of fused-ring (bicyclic) bond motifs is 1. The van der Waals surface area contributed by atoms with E-state index in [0.717, 1.165) is 70.5 Å². The second-order valence-corrected chi connectivity index (χ2v) is 14.1. The molecule has 0 amide bonds. The smallest absolute Gasteiger partial charge is 0.347 e. The number of aromatic amines is 1. The van der Waals surface area contributed by atoms with Crippen LogP contribution >= 0.6 is 0 Å². The van der Waals surface area contributed by atoms with Crippen LogP contribution in [-0.2, 0) is 21.6 Å². The summed E-state index contributed by atoms with van der Waals surface area (Å²) in [4.78, 5) is 30.1. The fraction of sp³-hybridized carbons (Fsp3) is 0.364. The standard InChI is InChI=1S/C44H51N3O7/c48-39-20-18-37(38-19-21-41(50)46-42(38)39)40(49)30-45-25-8-3-9-29-53-36-16-14-32(15-17-36)22-26-47-27-23-33(24-28-47)31-54-43(51)44(52,34-10-4-1-5-11-34)35-12-6-2-7-13-35/h1-2,4-7,10-21,33,40,45,48-49,52H,3,8-9,22-31H2,(H,46,50)/t40-/m0/s1. The fourth-order valence-corrected chi connectivity index (χ4v) is 7.09. The van der Waals surface area contributed by atoms with Crippen molar-refractivity contribution >= 4 is 16.9 Å². The third kappa shape index (κ3) is 9.95. The largest absolute Gasteiger partial charge is 0.506 e. The number of aromatic hydroxyl groups is 1. The molecule has 5 N–H and O–H groups in total. The number of H-pyrrole nitrogens is 1. The molecule has 6 rings (SSSR count). The highest BCUT2D eigenvalue weighted by Gasteiger charge is 2.42. The first-order chi connectivity index (χ1) is 26.3. The molecule has 1 saturated heterocycles. The number of hydrogen-bond acceptors (Lipinski definition) is 9. The van der Waals surface area contributed by atoms with Crippen molar-refractivity contribution < 1.29 is 29.6 Å². The number of likely N-dealkylation sites (tertiary alicyclic amines) is 1. The van der Waals surface area contributed by atoms with E-state index < -0.39 is 17.7 Å². The van der Waals surface area contributed by atoms with Crippen LogP contribution in [0.15, 0.2) is 114 Å². The van der Waals surface area contributed by atoms with E-state index >= 15 is 0 Å². The summed E-state index contributed by atoms with van der Waals surface area (Å²) in [5.41, 5.74) is 1.09. The van der Waals surface area contributed by atoms with Crippen molar-refractivity contribution in [3.05, 3.63) is 142 Å². The van der Waals surface area contributed by atoms with E-state index in [-0.39, 0.29) is 17.2 Å². The molecule has 284 valence electrons. The number of aliphatic hydroxyl groups is 2. The average Bonchev–Trinajstić information content (AvgIpc) is 3.21. The van der Waals surface area contributed by atoms with Crippen LogP contribution in [0.1, 0.15) is 60.5 Å². The van der Waals surface area contributed by atoms with Gasteiger partial charge in [-0.1, -0.05) is 78.9 Å². The number of nitrogens with one attached hydrogen (secondary N) is 2. The molecule has 1 aliphatic rings. The van der Waals surface area contributed by atoms with Crippen LogP contribution in [0.2, 0.25) is 0 Å². The lowest BCUT2D eigenvalue weighted by atomic mass is 9.86. The summed E-state index contributed by atoms with van der Waals surface area (Å²) < 4.78 is 11.8. The summed E-state index contributed by atoms with van der Waals surface area (Å²) in [6, 6.07) is 32.5. The Bertz CT molecular complexity index is 1940. The first-order valence-electron chi connectivity index (χ1n) is 19.0. The summed E-state index contributed by atoms with van der Waals surface area (Å²) in [6.45, 7) is 4.92. The number of rotatable bonds is 18. The van der Waals surface area contributed by atoms with Gasteiger partial charge in [-0.25, -0.2) is 4.79 Å². The van der Waals surface area contributed by atoms with E-state index in [0.29, 0.717) is 47.4 Å². The Hall–Kier alpha value is -5.00. The van der Waals surface area contributed by atoms with Crippen LogP contribution in [0.4, 0.5) is 0 Å². The zero-order valence-electron chi connectivity index (χ0n) is 30.7. The predicted molar refractivity (Wildman–Crippen MR) is 210 cm³/mol. The average molecular weight is 734 g/mol. The van der Waals surface area contributed by atoms with Gasteiger partial charge in [-0.3, -0.25) is 4.79 Å². The van der Waals surface area contributed by atoms with E-state index in [2.05, 4.69) is 27.3 Å². The van der Waals surface area contributed by atoms with Gasteiger partial charge in [-0.15, -0.1) is 0 Å². The molecular weight excluding hydrogens is 682 g/mol. The van der Waals surface area contributed by atoms with E-state index in [4.69, 9.17) is 9.47 Å². The van der Waals surface area contributed by atoms with Crippen molar-refractivity contribution in [2.45, 2.75) is 50.2 Å². The first kappa shape index (κ1) is 38.7. The number of ether oxygens (including phenoxy) is 2. The minimum atomic E-state index is -1.85. The van der Waals surface area contributed by atoms with Gasteiger partial charge >= 0.3 is 5.97 Å². The molecule has 1 aromatic heterocycles. The van der Waals surface area contributed by atoms with E-state index in [1.165, 1.54) is 17.7 Å². The number of piperidine rings is 1. The highest BCUT2D eigenvalue weighted by molar-refractivity contribution is 5.87. The summed E-state index contributed by atoms with van der Waals surface area (Å²) in [5.74, 6) is 0.463. The highest BCUT2D eigenvalue weighted by Crippen LogP contribution is 2.32. The second kappa shape index (κ2) is 18.9. The predicted octanol–water partition coefficient (Wildman–Crippen LogP) is 5.84. The Morgan fingerprint density at radius 3 is 2.24 bits per heavy atom. The minimum absolute atomic E-state index is 0.0206. The number of carbonyl (C=O) groups excluding carboxylic acids is 1. The lowest BCUT2D eigenvalue weighted by Gasteiger charge is -2.33. The number of aliphatic hydroxyl groups excluding tert-OH is 1. The van der Waals surface area contributed by atoms with Gasteiger partial charge in [0.2, 0.25) is 11.2 Å². The molecule has 10 heteroatoms. The molecule has 1 aliphatic heterocycles. The van der Waals surface area contributed by atoms with Crippen molar-refractivity contribution in [2.75, 3.05) is 45.9 Å². The number of unbranched alkanes of at least 4 members (excludes halogenated alkanes) is 2. The van der Waals surface area contributed by atoms with Gasteiger partial charge in [-0.05, 0) is 111 Å². The van der Waals surface area contributed by atoms with Crippen LogP contribution in [0, 0.1) is 5.92 Å². The molecule has 5 aromatic rings. The maximum atomic E-state index is 13.4. The van der Waals surface area contributed by atoms with Crippen LogP contribution in [0.25, 0.3) is 10.9 Å². The monoisotopic (exact) mass is 733 g/mol. The molecule has 0 spiro atoms. The molecule has 4 aromatic carbocycles. The van der Waals surface area contributed by atoms with Crippen molar-refractivity contribution in [3.63, 3.8) is 0 Å². The van der Waals surface area contributed by atoms with Crippen molar-refractivity contribution in [3.8, 4) is 11.5 Å². The van der Waals surface area contributed by atoms with Gasteiger partial charge in [0.15, 0.2) is 0 Å². The molecule has 54 heavy (non-hydrogen) atoms. The molecule has 1 fully saturated rings. The third-order valence-corrected chi connectivity index (χ3v) is 10.3. The van der Waals surface area contributed by atoms with Crippen LogP contribution in [0.5, 0.6) is 11.5 Å². The number of esters is 1. The number of phenolic OH excluding ortho intramolecular Hbond substituents is 1. The Balaban J connectivity index is 0.832. The maximum Gasteiger partial charge on any atom is 0.347 e. The molecule has 10 nitrogen and oxygen atoms in total. The van der Waals surface area contributed by atoms with Gasteiger partial charge < -0.3 is 40.0 Å². The topological polar surface area (TPSA) is 144 Å². The SMILES string of the molecule is O=C(OCC1CCN(CCc2ccc(OCCCCCNC[C@H](O)c3ccc(O)c4[nH]c(=O)ccc34)cc2)CC1)C(O)(c1ccccc1)c1ccccc1. The van der Waals surface area contributed by atoms with Crippen LogP contribution < -0.4 is 15.6 Å². The van der Waals surface area contributed by atoms with Gasteiger partial charge in [0.1, 0.15) is 11.5 Å². The Morgan fingerprint density at radius 2 is 1.56 bits per heavy atom. The van der Waals surface area contributed by atoms with Crippen LogP contribution in [0.3, 0.4) is 0 Å². The van der Waals surface area contributed by atoms with Gasteiger partial charge in [0.25, 0.3) is 0 Å². The zero-order chi connectivity index (χ0) is 37.8. The number of pyridine rings is 1. The number of carbonyl (C=O) groups is 1. The zero-order valence-corrected chi connectivity index (χ0v) is 30.7. The molecule has 0 aliphatic carbocycles. The molecule has 2 heterocycles. The van der Waals surface area contributed by atoms with Crippen molar-refractivity contribution in [1.82, 2.24) is 15.2 Å². The highest BCUT2D eigenvalue weighted by atomic mass is 16.5. The van der Waals surface area contributed by atoms with Crippen molar-refractivity contribution in [2.24, 2.45) is 5.92 Å². The third-order valence-electron chi connectivity index (χ3n) is 10.3. The molecule has 0 unspecified atom stereocenters. The van der Waals surface area contributed by atoms with E-state index in [1.807, 2.05) is 48.5 Å². The summed E-state index contributed by atoms with van der Waals surface area (Å²) >= 11 is 0. The maximum absolute atomic E-state index is 13.4. The van der Waals surface area contributed by atoms with E-state index in [1.54, 1.807) is 36.4 Å². The Labute approximate surface area is 316 Å². The number of benzene rings is 4. The van der Waals surface area contributed by atoms with Gasteiger partial charge in [-0.2, -0.15) is 0 Å². The van der Waals surface area contributed by atoms with E-state index in [9.17, 15) is 24.9 Å². The molecule has 0 bridgehead atoms. The lowest BCUT2D eigenvalue weighted by Crippen LogP contribution is -2.41. The molecular formula is C44H51N3O7. The summed E-state index contributed by atoms with van der Waals surface area (Å²) in [5, 5.41) is 36.3. The molecule has 0 saturated carbocycles. The first-order valence-corrected chi connectivity index (χ1v) is 19.0. The quantitative estimate of drug-likeness (QED) is 0.0555. The Kier molecular flexibility index (Phi) is 13.5. The van der Waals surface area contributed by atoms with Crippen molar-refractivity contribution in [1.29, 1.82) is 0 Å². The normalized spacial score (nSPS) is 14.6. The molecule has 1 atom stereocenters. The lowest BCUT2D eigenvalue weighted by molar-refractivity contribution is -0.164. The number of aromatic nitrogens is 1. The summed E-state index contributed by atoms with van der Waals surface area (Å²) in [6.07, 6.45) is 4.93. The van der Waals surface area contributed by atoms with Gasteiger partial charge in [0, 0.05) is 24.5 Å². The van der Waals surface area contributed by atoms with Crippen LogP contribution in [-0.4, -0.2) is 77.1 Å². The Morgan fingerprint density at radius 1 is 0.870 bits per heavy atom. The number of hydrogen-bond donors (Lipinski definition) is 5. The number of phenols is 1. The summed E-state index contributed by atoms with van der Waals surface area (Å²) in [7, 11) is 0. The minimum Gasteiger partial charge on any atom is -0.506 e. The number of nitrogens with zero attached hydrogens (tertiary/aromatic N) is 1. The second-order valence-electron chi connectivity index (χ2n) is 14.1. The van der Waals surface area contributed by atoms with Gasteiger partial charge in [0.05, 0.1) is 24.8 Å². The fourth-order valence-electron chi connectivity index (χ4n) is 7.09. The molecule has 0 radical (unpaired) electrons.